The van der Waals surface area contributed by atoms with Crippen molar-refractivity contribution in [1.82, 2.24) is 0 Å². The Balaban J connectivity index is 1.82. The van der Waals surface area contributed by atoms with E-state index in [1.165, 1.54) is 6.26 Å². The summed E-state index contributed by atoms with van der Waals surface area (Å²) in [5.41, 5.74) is 0.962. The number of esters is 1. The number of carbonyl (C=O) groups is 1. The molecule has 0 spiro atoms. The molecule has 0 unspecified atom stereocenters. The first-order chi connectivity index (χ1) is 12.2. The van der Waals surface area contributed by atoms with Crippen molar-refractivity contribution in [2.45, 2.75) is 19.8 Å². The van der Waals surface area contributed by atoms with E-state index in [1.807, 2.05) is 12.1 Å². The van der Waals surface area contributed by atoms with Crippen molar-refractivity contribution in [2.24, 2.45) is 4.99 Å². The van der Waals surface area contributed by atoms with E-state index < -0.39 is 5.97 Å². The van der Waals surface area contributed by atoms with Gasteiger partial charge >= 0.3 is 5.97 Å². The van der Waals surface area contributed by atoms with Crippen molar-refractivity contribution in [2.75, 3.05) is 13.7 Å². The van der Waals surface area contributed by atoms with Crippen LogP contribution in [0.25, 0.3) is 6.08 Å². The largest absolute Gasteiger partial charge is 0.493 e. The number of methoxy groups -OCH3 is 1. The molecule has 2 aromatic rings. The highest BCUT2D eigenvalue weighted by atomic mass is 16.6. The molecule has 0 aliphatic carbocycles. The normalized spacial score (nSPS) is 15.2. The molecule has 25 heavy (non-hydrogen) atoms. The number of carbonyl (C=O) groups excluding carboxylic acids is 1. The number of hydrogen-bond acceptors (Lipinski definition) is 6. The quantitative estimate of drug-likeness (QED) is 0.435. The number of ether oxygens (including phenoxy) is 3. The molecule has 1 aliphatic rings. The maximum absolute atomic E-state index is 12.0. The molecule has 2 heterocycles. The second kappa shape index (κ2) is 7.70. The second-order valence-electron chi connectivity index (χ2n) is 5.43. The van der Waals surface area contributed by atoms with Crippen LogP contribution in [-0.4, -0.2) is 25.6 Å². The summed E-state index contributed by atoms with van der Waals surface area (Å²) < 4.78 is 21.4. The van der Waals surface area contributed by atoms with Crippen molar-refractivity contribution < 1.29 is 23.4 Å². The highest BCUT2D eigenvalue weighted by molar-refractivity contribution is 6.11. The first kappa shape index (κ1) is 16.8. The molecule has 0 atom stereocenters. The predicted molar refractivity (Wildman–Crippen MR) is 92.7 cm³/mol. The SMILES string of the molecule is CCCCOc1ccc(/C=C2/N=C(c3ccco3)OC2=O)cc1OC. The minimum atomic E-state index is -0.520. The standard InChI is InChI=1S/C19H19NO5/c1-3-4-9-23-15-8-7-13(12-17(15)22-2)11-14-19(21)25-18(20-14)16-6-5-10-24-16/h5-8,10-12H,3-4,9H2,1-2H3/b14-11+. The van der Waals surface area contributed by atoms with Crippen LogP contribution in [0.2, 0.25) is 0 Å². The van der Waals surface area contributed by atoms with E-state index in [1.54, 1.807) is 31.4 Å². The molecule has 1 aliphatic heterocycles. The summed E-state index contributed by atoms with van der Waals surface area (Å²) in [6, 6.07) is 8.83. The summed E-state index contributed by atoms with van der Waals surface area (Å²) in [4.78, 5) is 16.2. The third kappa shape index (κ3) is 3.91. The fraction of sp³-hybridized carbons (Fsp3) is 0.263. The molecule has 0 saturated heterocycles. The summed E-state index contributed by atoms with van der Waals surface area (Å²) in [5, 5.41) is 0. The van der Waals surface area contributed by atoms with Gasteiger partial charge in [-0.1, -0.05) is 19.4 Å². The summed E-state index contributed by atoms with van der Waals surface area (Å²) in [5.74, 6) is 1.33. The molecule has 0 bridgehead atoms. The Bertz CT molecular complexity index is 805. The van der Waals surface area contributed by atoms with E-state index in [-0.39, 0.29) is 11.6 Å². The van der Waals surface area contributed by atoms with Gasteiger partial charge < -0.3 is 18.6 Å². The molecule has 0 fully saturated rings. The van der Waals surface area contributed by atoms with Gasteiger partial charge in [0.05, 0.1) is 20.0 Å². The Labute approximate surface area is 145 Å². The average molecular weight is 341 g/mol. The van der Waals surface area contributed by atoms with Crippen LogP contribution in [0.15, 0.2) is 51.7 Å². The second-order valence-corrected chi connectivity index (χ2v) is 5.43. The van der Waals surface area contributed by atoms with Crippen LogP contribution in [-0.2, 0) is 9.53 Å². The number of aliphatic imine (C=N–C) groups is 1. The Morgan fingerprint density at radius 2 is 2.12 bits per heavy atom. The Kier molecular flexibility index (Phi) is 5.18. The zero-order chi connectivity index (χ0) is 17.6. The molecular weight excluding hydrogens is 322 g/mol. The number of unbranched alkanes of at least 4 members (excludes halogenated alkanes) is 1. The van der Waals surface area contributed by atoms with Gasteiger partial charge in [-0.25, -0.2) is 9.79 Å². The van der Waals surface area contributed by atoms with Crippen LogP contribution in [0.5, 0.6) is 11.5 Å². The number of rotatable bonds is 7. The lowest BCUT2D eigenvalue weighted by atomic mass is 10.1. The van der Waals surface area contributed by atoms with Gasteiger partial charge in [0.1, 0.15) is 0 Å². The van der Waals surface area contributed by atoms with E-state index in [4.69, 9.17) is 18.6 Å². The van der Waals surface area contributed by atoms with E-state index in [9.17, 15) is 4.79 Å². The predicted octanol–water partition coefficient (Wildman–Crippen LogP) is 3.81. The summed E-state index contributed by atoms with van der Waals surface area (Å²) in [6.45, 7) is 2.74. The van der Waals surface area contributed by atoms with Crippen molar-refractivity contribution >= 4 is 17.9 Å². The van der Waals surface area contributed by atoms with Gasteiger partial charge in [-0.15, -0.1) is 0 Å². The number of cyclic esters (lactones) is 1. The van der Waals surface area contributed by atoms with Gasteiger partial charge in [-0.2, -0.15) is 0 Å². The fourth-order valence-electron chi connectivity index (χ4n) is 2.29. The third-order valence-electron chi connectivity index (χ3n) is 3.60. The molecule has 0 N–H and O–H groups in total. The highest BCUT2D eigenvalue weighted by Gasteiger charge is 2.25. The lowest BCUT2D eigenvalue weighted by molar-refractivity contribution is -0.130. The Morgan fingerprint density at radius 3 is 2.84 bits per heavy atom. The van der Waals surface area contributed by atoms with Gasteiger partial charge in [-0.3, -0.25) is 0 Å². The number of benzene rings is 1. The molecular formula is C19H19NO5. The van der Waals surface area contributed by atoms with E-state index in [0.717, 1.165) is 18.4 Å². The van der Waals surface area contributed by atoms with Gasteiger partial charge in [0, 0.05) is 0 Å². The first-order valence-corrected chi connectivity index (χ1v) is 8.08. The molecule has 6 nitrogen and oxygen atoms in total. The van der Waals surface area contributed by atoms with E-state index >= 15 is 0 Å². The fourth-order valence-corrected chi connectivity index (χ4v) is 2.29. The highest BCUT2D eigenvalue weighted by Crippen LogP contribution is 2.30. The smallest absolute Gasteiger partial charge is 0.363 e. The monoisotopic (exact) mass is 341 g/mol. The van der Waals surface area contributed by atoms with Crippen LogP contribution in [0.4, 0.5) is 0 Å². The average Bonchev–Trinajstić information content (AvgIpc) is 3.26. The minimum Gasteiger partial charge on any atom is -0.493 e. The molecule has 1 aromatic carbocycles. The summed E-state index contributed by atoms with van der Waals surface area (Å²) in [6.07, 6.45) is 5.17. The molecule has 1 aromatic heterocycles. The van der Waals surface area contributed by atoms with Gasteiger partial charge in [0.15, 0.2) is 23.0 Å². The lowest BCUT2D eigenvalue weighted by Gasteiger charge is -2.10. The Hall–Kier alpha value is -3.02. The molecule has 6 heteroatoms. The zero-order valence-corrected chi connectivity index (χ0v) is 14.2. The van der Waals surface area contributed by atoms with Crippen LogP contribution in [0.3, 0.4) is 0 Å². The van der Waals surface area contributed by atoms with Crippen molar-refractivity contribution in [3.05, 3.63) is 53.6 Å². The lowest BCUT2D eigenvalue weighted by Crippen LogP contribution is -2.04. The van der Waals surface area contributed by atoms with Gasteiger partial charge in [0.2, 0.25) is 0 Å². The number of hydrogen-bond donors (Lipinski definition) is 0. The number of nitrogens with zero attached hydrogens (tertiary/aromatic N) is 1. The maximum atomic E-state index is 12.0. The van der Waals surface area contributed by atoms with E-state index in [2.05, 4.69) is 11.9 Å². The minimum absolute atomic E-state index is 0.160. The molecule has 130 valence electrons. The molecule has 0 radical (unpaired) electrons. The zero-order valence-electron chi connectivity index (χ0n) is 14.2. The van der Waals surface area contributed by atoms with Crippen LogP contribution < -0.4 is 9.47 Å². The van der Waals surface area contributed by atoms with Crippen molar-refractivity contribution in [3.8, 4) is 11.5 Å². The van der Waals surface area contributed by atoms with Crippen LogP contribution in [0, 0.1) is 0 Å². The van der Waals surface area contributed by atoms with Gasteiger partial charge in [-0.05, 0) is 42.3 Å². The molecule has 0 amide bonds. The van der Waals surface area contributed by atoms with Crippen LogP contribution >= 0.6 is 0 Å². The summed E-state index contributed by atoms with van der Waals surface area (Å²) >= 11 is 0. The Morgan fingerprint density at radius 1 is 1.24 bits per heavy atom. The van der Waals surface area contributed by atoms with Crippen molar-refractivity contribution in [1.29, 1.82) is 0 Å². The van der Waals surface area contributed by atoms with Gasteiger partial charge in [0.25, 0.3) is 5.90 Å². The third-order valence-corrected chi connectivity index (χ3v) is 3.60. The first-order valence-electron chi connectivity index (χ1n) is 8.08. The van der Waals surface area contributed by atoms with Crippen molar-refractivity contribution in [3.63, 3.8) is 0 Å². The topological polar surface area (TPSA) is 70.3 Å². The van der Waals surface area contributed by atoms with Crippen LogP contribution in [0.1, 0.15) is 31.1 Å². The van der Waals surface area contributed by atoms with E-state index in [0.29, 0.717) is 23.9 Å². The maximum Gasteiger partial charge on any atom is 0.363 e. The summed E-state index contributed by atoms with van der Waals surface area (Å²) in [7, 11) is 1.58. The number of furan rings is 1. The molecule has 3 rings (SSSR count). The molecule has 0 saturated carbocycles.